The standard InChI is InChI=1S/C8H15O2.ClH.Hg/c1-3-8(10-2)7-4-6(7)5-9;;/h6-9H,1,3-5H2,2H3;1H;/q;;+1/p-1/t6-,7+,8?;;/m0../s1. The normalized spacial score (nSPS) is 29.6. The first-order valence-electron chi connectivity index (χ1n) is 4.53. The van der Waals surface area contributed by atoms with Gasteiger partial charge in [0.25, 0.3) is 0 Å². The Morgan fingerprint density at radius 2 is 2.50 bits per heavy atom. The summed E-state index contributed by atoms with van der Waals surface area (Å²) in [5, 5.41) is 8.88. The number of hydrogen-bond donors (Lipinski definition) is 1. The van der Waals surface area contributed by atoms with E-state index < -0.39 is 23.3 Å². The molecule has 12 heavy (non-hydrogen) atoms. The van der Waals surface area contributed by atoms with Crippen LogP contribution in [0.15, 0.2) is 0 Å². The van der Waals surface area contributed by atoms with E-state index in [0.29, 0.717) is 24.5 Å². The summed E-state index contributed by atoms with van der Waals surface area (Å²) in [7, 11) is 7.58. The van der Waals surface area contributed by atoms with Gasteiger partial charge in [-0.3, -0.25) is 0 Å². The predicted molar refractivity (Wildman–Crippen MR) is 44.8 cm³/mol. The summed E-state index contributed by atoms with van der Waals surface area (Å²) in [6, 6.07) is 0. The molecule has 1 unspecified atom stereocenters. The fraction of sp³-hybridized carbons (Fsp3) is 1.00. The number of rotatable bonds is 6. The van der Waals surface area contributed by atoms with Crippen LogP contribution >= 0.6 is 8.25 Å². The average Bonchev–Trinajstić information content (AvgIpc) is 2.85. The molecule has 0 heterocycles. The first-order chi connectivity index (χ1) is 5.83. The third kappa shape index (κ3) is 3.13. The minimum absolute atomic E-state index is 0.329. The second kappa shape index (κ2) is 5.79. The molecule has 4 heteroatoms. The van der Waals surface area contributed by atoms with Crippen molar-refractivity contribution >= 4 is 8.25 Å². The van der Waals surface area contributed by atoms with Gasteiger partial charge in [-0.05, 0) is 0 Å². The molecule has 3 atom stereocenters. The fourth-order valence-corrected chi connectivity index (χ4v) is 5.24. The molecule has 0 spiro atoms. The van der Waals surface area contributed by atoms with Crippen molar-refractivity contribution in [1.29, 1.82) is 0 Å². The van der Waals surface area contributed by atoms with Crippen LogP contribution in [-0.4, -0.2) is 24.9 Å². The Hall–Kier alpha value is 1.15. The van der Waals surface area contributed by atoms with Crippen LogP contribution in [0, 0.1) is 11.8 Å². The van der Waals surface area contributed by atoms with E-state index in [-0.39, 0.29) is 0 Å². The van der Waals surface area contributed by atoms with E-state index in [9.17, 15) is 0 Å². The van der Waals surface area contributed by atoms with Crippen molar-refractivity contribution in [3.63, 3.8) is 0 Å². The summed E-state index contributed by atoms with van der Waals surface area (Å²) in [6.45, 7) is 0.329. The van der Waals surface area contributed by atoms with Gasteiger partial charge in [-0.25, -0.2) is 0 Å². The predicted octanol–water partition coefficient (Wildman–Crippen LogP) is 1.67. The van der Waals surface area contributed by atoms with Gasteiger partial charge >= 0.3 is 89.9 Å². The Bertz CT molecular complexity index is 134. The van der Waals surface area contributed by atoms with E-state index in [1.807, 2.05) is 0 Å². The molecule has 0 saturated heterocycles. The van der Waals surface area contributed by atoms with E-state index >= 15 is 0 Å². The Morgan fingerprint density at radius 3 is 2.92 bits per heavy atom. The number of hydrogen-bond acceptors (Lipinski definition) is 2. The molecule has 1 rings (SSSR count). The maximum absolute atomic E-state index is 8.88. The molecule has 2 nitrogen and oxygen atoms in total. The van der Waals surface area contributed by atoms with Gasteiger partial charge < -0.3 is 0 Å². The molecule has 1 N–H and O–H groups in total. The zero-order valence-electron chi connectivity index (χ0n) is 7.50. The number of aliphatic hydroxyl groups is 1. The zero-order valence-corrected chi connectivity index (χ0v) is 13.8. The third-order valence-corrected chi connectivity index (χ3v) is 7.59. The van der Waals surface area contributed by atoms with Crippen LogP contribution in [0.3, 0.4) is 0 Å². The second-order valence-electron chi connectivity index (χ2n) is 3.45. The molecule has 0 aromatic carbocycles. The first-order valence-corrected chi connectivity index (χ1v) is 15.2. The number of aliphatic hydroxyl groups excluding tert-OH is 1. The van der Waals surface area contributed by atoms with E-state index in [4.69, 9.17) is 18.1 Å². The Labute approximate surface area is 89.5 Å². The van der Waals surface area contributed by atoms with E-state index in [1.54, 1.807) is 7.11 Å². The minimum atomic E-state index is -0.960. The molecule has 0 aromatic rings. The number of methoxy groups -OCH3 is 1. The Balaban J connectivity index is 2.18. The van der Waals surface area contributed by atoms with Gasteiger partial charge in [0.2, 0.25) is 0 Å². The Kier molecular flexibility index (Phi) is 5.41. The molecule has 1 aliphatic carbocycles. The summed E-state index contributed by atoms with van der Waals surface area (Å²) < 4.78 is 6.61. The van der Waals surface area contributed by atoms with Gasteiger partial charge in [0.15, 0.2) is 0 Å². The number of ether oxygens (including phenoxy) is 1. The van der Waals surface area contributed by atoms with Crippen LogP contribution in [0.1, 0.15) is 12.8 Å². The van der Waals surface area contributed by atoms with Crippen LogP contribution in [0.2, 0.25) is 3.93 Å². The van der Waals surface area contributed by atoms with Gasteiger partial charge in [0.1, 0.15) is 0 Å². The molecule has 68 valence electrons. The van der Waals surface area contributed by atoms with Gasteiger partial charge in [-0.15, -0.1) is 0 Å². The maximum atomic E-state index is 8.88. The summed E-state index contributed by atoms with van der Waals surface area (Å²) >= 11 is -0.960. The zero-order chi connectivity index (χ0) is 8.97. The first kappa shape index (κ1) is 11.2. The average molecular weight is 379 g/mol. The summed E-state index contributed by atoms with van der Waals surface area (Å²) in [6.07, 6.45) is 2.65. The monoisotopic (exact) mass is 380 g/mol. The topological polar surface area (TPSA) is 29.5 Å². The van der Waals surface area contributed by atoms with Gasteiger partial charge in [-0.2, -0.15) is 0 Å². The van der Waals surface area contributed by atoms with Crippen LogP contribution in [0.5, 0.6) is 0 Å². The molecule has 0 aliphatic heterocycles. The summed E-state index contributed by atoms with van der Waals surface area (Å²) in [4.78, 5) is 0. The van der Waals surface area contributed by atoms with Crippen molar-refractivity contribution < 1.29 is 33.2 Å². The van der Waals surface area contributed by atoms with Crippen molar-refractivity contribution in [3.05, 3.63) is 0 Å². The van der Waals surface area contributed by atoms with Crippen molar-refractivity contribution in [2.45, 2.75) is 22.9 Å². The molecular weight excluding hydrogens is 364 g/mol. The molecule has 0 aromatic heterocycles. The van der Waals surface area contributed by atoms with Gasteiger partial charge in [0.05, 0.1) is 0 Å². The SMILES string of the molecule is COC(C[CH2][Hg][Cl])[C@@H]1C[C@H]1CO. The molecule has 0 bridgehead atoms. The molecule has 1 aliphatic rings. The van der Waals surface area contributed by atoms with Crippen LogP contribution in [0.25, 0.3) is 0 Å². The Morgan fingerprint density at radius 1 is 1.75 bits per heavy atom. The third-order valence-electron chi connectivity index (χ3n) is 2.61. The van der Waals surface area contributed by atoms with E-state index in [2.05, 4.69) is 0 Å². The summed E-state index contributed by atoms with van der Waals surface area (Å²) in [5.41, 5.74) is 0. The molecular formula is C8H15ClHgO2. The molecule has 1 fully saturated rings. The van der Waals surface area contributed by atoms with Crippen LogP contribution in [0.4, 0.5) is 0 Å². The second-order valence-corrected chi connectivity index (χ2v) is 11.0. The fourth-order valence-electron chi connectivity index (χ4n) is 1.72. The van der Waals surface area contributed by atoms with Gasteiger partial charge in [0, 0.05) is 0 Å². The van der Waals surface area contributed by atoms with Crippen LogP contribution in [-0.2, 0) is 28.1 Å². The molecule has 1 saturated carbocycles. The van der Waals surface area contributed by atoms with Crippen molar-refractivity contribution in [3.8, 4) is 0 Å². The molecule has 0 radical (unpaired) electrons. The van der Waals surface area contributed by atoms with E-state index in [0.717, 1.165) is 12.8 Å². The quantitative estimate of drug-likeness (QED) is 0.712. The van der Waals surface area contributed by atoms with Crippen molar-refractivity contribution in [2.24, 2.45) is 11.8 Å². The van der Waals surface area contributed by atoms with Crippen LogP contribution < -0.4 is 0 Å². The molecule has 0 amide bonds. The van der Waals surface area contributed by atoms with E-state index in [1.165, 1.54) is 3.93 Å². The summed E-state index contributed by atoms with van der Waals surface area (Å²) in [5.74, 6) is 1.14. The number of halogens is 1. The van der Waals surface area contributed by atoms with Gasteiger partial charge in [-0.1, -0.05) is 0 Å². The van der Waals surface area contributed by atoms with Crippen molar-refractivity contribution in [1.82, 2.24) is 0 Å². The van der Waals surface area contributed by atoms with Crippen molar-refractivity contribution in [2.75, 3.05) is 13.7 Å².